The van der Waals surface area contributed by atoms with Gasteiger partial charge in [-0.05, 0) is 24.0 Å². The summed E-state index contributed by atoms with van der Waals surface area (Å²) in [5.74, 6) is 2.50. The van der Waals surface area contributed by atoms with E-state index in [1.54, 1.807) is 0 Å². The van der Waals surface area contributed by atoms with Gasteiger partial charge in [0.2, 0.25) is 0 Å². The van der Waals surface area contributed by atoms with E-state index in [9.17, 15) is 0 Å². The van der Waals surface area contributed by atoms with E-state index in [-0.39, 0.29) is 0 Å². The summed E-state index contributed by atoms with van der Waals surface area (Å²) in [5.41, 5.74) is 0. The first-order valence-corrected chi connectivity index (χ1v) is 4.51. The van der Waals surface area contributed by atoms with Crippen molar-refractivity contribution < 1.29 is 0 Å². The van der Waals surface area contributed by atoms with E-state index in [0.29, 0.717) is 0 Å². The molecular weight excluding hydrogens is 134 g/mol. The minimum Gasteiger partial charge on any atom is -0.377 e. The van der Waals surface area contributed by atoms with Crippen molar-refractivity contribution in [1.29, 1.82) is 0 Å². The lowest BCUT2D eigenvalue weighted by atomic mass is 9.81. The quantitative estimate of drug-likeness (QED) is 0.559. The lowest BCUT2D eigenvalue weighted by Gasteiger charge is -2.39. The minimum absolute atomic E-state index is 0.816. The van der Waals surface area contributed by atoms with Crippen molar-refractivity contribution in [2.75, 3.05) is 13.1 Å². The molecule has 0 amide bonds. The zero-order chi connectivity index (χ0) is 8.43. The molecule has 1 aliphatic rings. The van der Waals surface area contributed by atoms with Crippen LogP contribution in [0.25, 0.3) is 0 Å². The van der Waals surface area contributed by atoms with Crippen LogP contribution in [0.2, 0.25) is 0 Å². The van der Waals surface area contributed by atoms with E-state index < -0.39 is 0 Å². The fraction of sp³-hybridized carbons (Fsp3) is 0.800. The van der Waals surface area contributed by atoms with Crippen LogP contribution in [-0.2, 0) is 0 Å². The van der Waals surface area contributed by atoms with Crippen LogP contribution in [0.4, 0.5) is 0 Å². The van der Waals surface area contributed by atoms with Crippen LogP contribution in [0.1, 0.15) is 20.8 Å². The fourth-order valence-electron chi connectivity index (χ4n) is 1.86. The van der Waals surface area contributed by atoms with E-state index in [4.69, 9.17) is 0 Å². The molecule has 2 unspecified atom stereocenters. The molecule has 1 nitrogen and oxygen atoms in total. The Hall–Kier alpha value is -0.460. The maximum Gasteiger partial charge on any atom is 0.0200 e. The van der Waals surface area contributed by atoms with Crippen LogP contribution < -0.4 is 0 Å². The van der Waals surface area contributed by atoms with Gasteiger partial charge in [0.25, 0.3) is 0 Å². The number of likely N-dealkylation sites (tertiary alicyclic amines) is 1. The second-order valence-corrected chi connectivity index (χ2v) is 3.95. The zero-order valence-corrected chi connectivity index (χ0v) is 7.88. The van der Waals surface area contributed by atoms with Crippen molar-refractivity contribution in [3.8, 4) is 0 Å². The predicted molar refractivity (Wildman–Crippen MR) is 49.3 cm³/mol. The highest BCUT2D eigenvalue weighted by molar-refractivity contribution is 4.84. The Kier molecular flexibility index (Phi) is 2.58. The average Bonchev–Trinajstić information content (AvgIpc) is 1.99. The third-order valence-corrected chi connectivity index (χ3v) is 3.10. The van der Waals surface area contributed by atoms with E-state index in [1.165, 1.54) is 13.1 Å². The second-order valence-electron chi connectivity index (χ2n) is 3.95. The highest BCUT2D eigenvalue weighted by Crippen LogP contribution is 2.27. The first kappa shape index (κ1) is 8.63. The van der Waals surface area contributed by atoms with Crippen LogP contribution >= 0.6 is 0 Å². The number of hydrogen-bond acceptors (Lipinski definition) is 1. The maximum atomic E-state index is 3.80. The molecule has 1 fully saturated rings. The van der Waals surface area contributed by atoms with Crippen molar-refractivity contribution in [3.63, 3.8) is 0 Å². The van der Waals surface area contributed by atoms with Crippen molar-refractivity contribution in [2.24, 2.45) is 17.8 Å². The van der Waals surface area contributed by atoms with Crippen molar-refractivity contribution in [3.05, 3.63) is 12.8 Å². The Bertz CT molecular complexity index is 130. The standard InChI is InChI=1S/C10H19N/c1-5-11-6-8(2)10(4)9(3)7-11/h5,8-10H,1,6-7H2,2-4H3. The third-order valence-electron chi connectivity index (χ3n) is 3.10. The summed E-state index contributed by atoms with van der Waals surface area (Å²) in [4.78, 5) is 2.33. The highest BCUT2D eigenvalue weighted by atomic mass is 15.1. The van der Waals surface area contributed by atoms with Gasteiger partial charge in [0.05, 0.1) is 0 Å². The van der Waals surface area contributed by atoms with Gasteiger partial charge in [0.15, 0.2) is 0 Å². The smallest absolute Gasteiger partial charge is 0.0200 e. The molecule has 1 heterocycles. The SMILES string of the molecule is C=CN1CC(C)C(C)C(C)C1. The summed E-state index contributed by atoms with van der Waals surface area (Å²) in [6.07, 6.45) is 1.97. The molecule has 0 N–H and O–H groups in total. The van der Waals surface area contributed by atoms with Gasteiger partial charge in [-0.3, -0.25) is 0 Å². The topological polar surface area (TPSA) is 3.24 Å². The summed E-state index contributed by atoms with van der Waals surface area (Å²) in [6, 6.07) is 0. The molecule has 0 aliphatic carbocycles. The summed E-state index contributed by atoms with van der Waals surface area (Å²) in [5, 5.41) is 0. The lowest BCUT2D eigenvalue weighted by Crippen LogP contribution is -2.40. The Labute approximate surface area is 70.1 Å². The molecule has 0 aromatic rings. The van der Waals surface area contributed by atoms with E-state index >= 15 is 0 Å². The van der Waals surface area contributed by atoms with Gasteiger partial charge in [-0.15, -0.1) is 0 Å². The molecule has 2 atom stereocenters. The van der Waals surface area contributed by atoms with Crippen molar-refractivity contribution in [2.45, 2.75) is 20.8 Å². The van der Waals surface area contributed by atoms with Gasteiger partial charge < -0.3 is 4.90 Å². The normalized spacial score (nSPS) is 38.8. The molecular formula is C10H19N. The van der Waals surface area contributed by atoms with E-state index in [0.717, 1.165) is 17.8 Å². The summed E-state index contributed by atoms with van der Waals surface area (Å²) in [7, 11) is 0. The Morgan fingerprint density at radius 3 is 2.00 bits per heavy atom. The maximum absolute atomic E-state index is 3.80. The van der Waals surface area contributed by atoms with Gasteiger partial charge in [-0.25, -0.2) is 0 Å². The molecule has 1 rings (SSSR count). The van der Waals surface area contributed by atoms with E-state index in [1.807, 2.05) is 6.20 Å². The van der Waals surface area contributed by atoms with Gasteiger partial charge >= 0.3 is 0 Å². The molecule has 0 aromatic carbocycles. The van der Waals surface area contributed by atoms with Crippen molar-refractivity contribution >= 4 is 0 Å². The van der Waals surface area contributed by atoms with Crippen LogP contribution in [-0.4, -0.2) is 18.0 Å². The second kappa shape index (κ2) is 3.29. The molecule has 1 aliphatic heterocycles. The summed E-state index contributed by atoms with van der Waals surface area (Å²) < 4.78 is 0. The summed E-state index contributed by atoms with van der Waals surface area (Å²) in [6.45, 7) is 13.2. The third kappa shape index (κ3) is 1.76. The number of piperidine rings is 1. The Morgan fingerprint density at radius 1 is 1.18 bits per heavy atom. The highest BCUT2D eigenvalue weighted by Gasteiger charge is 2.26. The fourth-order valence-corrected chi connectivity index (χ4v) is 1.86. The largest absolute Gasteiger partial charge is 0.377 e. The van der Waals surface area contributed by atoms with Crippen LogP contribution in [0.15, 0.2) is 12.8 Å². The minimum atomic E-state index is 0.816. The monoisotopic (exact) mass is 153 g/mol. The molecule has 0 bridgehead atoms. The van der Waals surface area contributed by atoms with Gasteiger partial charge in [-0.2, -0.15) is 0 Å². The molecule has 11 heavy (non-hydrogen) atoms. The van der Waals surface area contributed by atoms with Crippen molar-refractivity contribution in [1.82, 2.24) is 4.90 Å². The molecule has 1 saturated heterocycles. The van der Waals surface area contributed by atoms with E-state index in [2.05, 4.69) is 32.3 Å². The number of nitrogens with zero attached hydrogens (tertiary/aromatic N) is 1. The average molecular weight is 153 g/mol. The first-order chi connectivity index (χ1) is 5.15. The molecule has 0 radical (unpaired) electrons. The molecule has 0 spiro atoms. The first-order valence-electron chi connectivity index (χ1n) is 4.51. The molecule has 1 heteroatoms. The zero-order valence-electron chi connectivity index (χ0n) is 7.88. The molecule has 0 aromatic heterocycles. The van der Waals surface area contributed by atoms with Gasteiger partial charge in [0, 0.05) is 13.1 Å². The van der Waals surface area contributed by atoms with Gasteiger partial charge in [0.1, 0.15) is 0 Å². The number of rotatable bonds is 1. The molecule has 0 saturated carbocycles. The Balaban J connectivity index is 2.54. The van der Waals surface area contributed by atoms with Crippen LogP contribution in [0, 0.1) is 17.8 Å². The lowest BCUT2D eigenvalue weighted by molar-refractivity contribution is 0.126. The number of hydrogen-bond donors (Lipinski definition) is 0. The van der Waals surface area contributed by atoms with Gasteiger partial charge in [-0.1, -0.05) is 27.4 Å². The Morgan fingerprint density at radius 2 is 1.64 bits per heavy atom. The molecule has 64 valence electrons. The predicted octanol–water partition coefficient (Wildman–Crippen LogP) is 2.35. The van der Waals surface area contributed by atoms with Crippen LogP contribution in [0.3, 0.4) is 0 Å². The summed E-state index contributed by atoms with van der Waals surface area (Å²) >= 11 is 0. The van der Waals surface area contributed by atoms with Crippen LogP contribution in [0.5, 0.6) is 0 Å².